The first-order chi connectivity index (χ1) is 14.1. The summed E-state index contributed by atoms with van der Waals surface area (Å²) in [5.41, 5.74) is 2.00. The summed E-state index contributed by atoms with van der Waals surface area (Å²) < 4.78 is 0. The van der Waals surface area contributed by atoms with Gasteiger partial charge in [-0.2, -0.15) is 0 Å². The lowest BCUT2D eigenvalue weighted by Gasteiger charge is -2.31. The number of hydrogen-bond acceptors (Lipinski definition) is 3. The van der Waals surface area contributed by atoms with Gasteiger partial charge in [0.05, 0.1) is 6.54 Å². The van der Waals surface area contributed by atoms with Crippen LogP contribution in [-0.2, 0) is 9.59 Å². The summed E-state index contributed by atoms with van der Waals surface area (Å²) in [5, 5.41) is 9.42. The Morgan fingerprint density at radius 2 is 2.10 bits per heavy atom. The number of carbonyl (C=O) groups excluding carboxylic acids is 2. The predicted molar refractivity (Wildman–Crippen MR) is 131 cm³/mol. The van der Waals surface area contributed by atoms with Crippen LogP contribution in [-0.4, -0.2) is 55.4 Å². The molecule has 3 rings (SSSR count). The van der Waals surface area contributed by atoms with E-state index in [9.17, 15) is 9.59 Å². The van der Waals surface area contributed by atoms with Crippen molar-refractivity contribution in [2.24, 2.45) is 10.9 Å². The number of nitrogens with zero attached hydrogens (tertiary/aromatic N) is 2. The largest absolute Gasteiger partial charge is 0.357 e. The topological polar surface area (TPSA) is 85.8 Å². The average molecular weight is 527 g/mol. The van der Waals surface area contributed by atoms with E-state index < -0.39 is 0 Å². The van der Waals surface area contributed by atoms with Crippen LogP contribution in [0.15, 0.2) is 29.3 Å². The van der Waals surface area contributed by atoms with E-state index in [-0.39, 0.29) is 41.7 Å². The second-order valence-corrected chi connectivity index (χ2v) is 8.02. The Morgan fingerprint density at radius 1 is 1.30 bits per heavy atom. The maximum absolute atomic E-state index is 12.4. The SMILES string of the molecule is CCNC(=NCC1CC(=O)Nc2ccccc21)NCCC(=O)N1CCCC(C)C1.I. The molecule has 0 radical (unpaired) electrons. The van der Waals surface area contributed by atoms with E-state index in [0.717, 1.165) is 37.3 Å². The number of nitrogens with one attached hydrogen (secondary N) is 3. The molecule has 0 bridgehead atoms. The number of hydrogen-bond donors (Lipinski definition) is 3. The van der Waals surface area contributed by atoms with Crippen molar-refractivity contribution in [2.75, 3.05) is 38.0 Å². The summed E-state index contributed by atoms with van der Waals surface area (Å²) >= 11 is 0. The van der Waals surface area contributed by atoms with Crippen LogP contribution >= 0.6 is 24.0 Å². The van der Waals surface area contributed by atoms with E-state index in [1.807, 2.05) is 36.1 Å². The van der Waals surface area contributed by atoms with Crippen molar-refractivity contribution in [2.45, 2.75) is 45.4 Å². The molecule has 2 unspecified atom stereocenters. The fourth-order valence-electron chi connectivity index (χ4n) is 4.07. The molecule has 0 aliphatic carbocycles. The molecule has 2 aliphatic heterocycles. The third-order valence-corrected chi connectivity index (χ3v) is 5.56. The van der Waals surface area contributed by atoms with Gasteiger partial charge >= 0.3 is 0 Å². The molecular weight excluding hydrogens is 493 g/mol. The van der Waals surface area contributed by atoms with Crippen molar-refractivity contribution in [3.63, 3.8) is 0 Å². The summed E-state index contributed by atoms with van der Waals surface area (Å²) in [6, 6.07) is 7.90. The minimum absolute atomic E-state index is 0. The van der Waals surface area contributed by atoms with E-state index >= 15 is 0 Å². The van der Waals surface area contributed by atoms with E-state index in [2.05, 4.69) is 27.9 Å². The van der Waals surface area contributed by atoms with Gasteiger partial charge in [0, 0.05) is 50.6 Å². The van der Waals surface area contributed by atoms with Crippen LogP contribution in [0, 0.1) is 5.92 Å². The van der Waals surface area contributed by atoms with Crippen LogP contribution in [0.3, 0.4) is 0 Å². The van der Waals surface area contributed by atoms with Gasteiger partial charge in [0.15, 0.2) is 5.96 Å². The number of benzene rings is 1. The zero-order chi connectivity index (χ0) is 20.6. The average Bonchev–Trinajstić information content (AvgIpc) is 2.71. The van der Waals surface area contributed by atoms with Gasteiger partial charge in [0.1, 0.15) is 0 Å². The number of guanidine groups is 1. The zero-order valence-electron chi connectivity index (χ0n) is 17.9. The number of carbonyl (C=O) groups is 2. The molecule has 166 valence electrons. The maximum atomic E-state index is 12.4. The second-order valence-electron chi connectivity index (χ2n) is 8.02. The number of aliphatic imine (C=N–C) groups is 1. The molecule has 1 saturated heterocycles. The Labute approximate surface area is 196 Å². The molecule has 2 heterocycles. The first-order valence-electron chi connectivity index (χ1n) is 10.8. The van der Waals surface area contributed by atoms with Crippen LogP contribution in [0.1, 0.15) is 51.0 Å². The summed E-state index contributed by atoms with van der Waals surface area (Å²) in [7, 11) is 0. The Kier molecular flexibility index (Phi) is 9.87. The first-order valence-corrected chi connectivity index (χ1v) is 10.8. The summed E-state index contributed by atoms with van der Waals surface area (Å²) in [5.74, 6) is 1.58. The predicted octanol–water partition coefficient (Wildman–Crippen LogP) is 2.93. The molecule has 2 amide bonds. The Bertz CT molecular complexity index is 755. The van der Waals surface area contributed by atoms with Gasteiger partial charge in [-0.3, -0.25) is 14.6 Å². The van der Waals surface area contributed by atoms with Crippen LogP contribution in [0.5, 0.6) is 0 Å². The van der Waals surface area contributed by atoms with Gasteiger partial charge < -0.3 is 20.9 Å². The van der Waals surface area contributed by atoms with Crippen molar-refractivity contribution < 1.29 is 9.59 Å². The zero-order valence-corrected chi connectivity index (χ0v) is 20.3. The number of amides is 2. The number of piperidine rings is 1. The summed E-state index contributed by atoms with van der Waals surface area (Å²) in [4.78, 5) is 31.1. The number of anilines is 1. The van der Waals surface area contributed by atoms with E-state index in [0.29, 0.717) is 37.8 Å². The molecular formula is C22H34IN5O2. The van der Waals surface area contributed by atoms with Gasteiger partial charge in [0.25, 0.3) is 0 Å². The molecule has 0 aromatic heterocycles. The standard InChI is InChI=1S/C22H33N5O2.HI/c1-3-23-22(24-11-10-21(29)27-12-6-7-16(2)15-27)25-14-17-13-20(28)26-19-9-5-4-8-18(17)19;/h4-5,8-9,16-17H,3,6-7,10-15H2,1-2H3,(H,26,28)(H2,23,24,25);1H. The molecule has 2 aliphatic rings. The van der Waals surface area contributed by atoms with Crippen LogP contribution < -0.4 is 16.0 Å². The first kappa shape index (κ1) is 24.4. The molecule has 0 saturated carbocycles. The molecule has 30 heavy (non-hydrogen) atoms. The molecule has 1 aromatic carbocycles. The summed E-state index contributed by atoms with van der Waals surface area (Å²) in [6.45, 7) is 7.79. The fraction of sp³-hybridized carbons (Fsp3) is 0.591. The second kappa shape index (κ2) is 12.1. The van der Waals surface area contributed by atoms with Gasteiger partial charge in [0.2, 0.25) is 11.8 Å². The molecule has 0 spiro atoms. The molecule has 1 aromatic rings. The number of para-hydroxylation sites is 1. The lowest BCUT2D eigenvalue weighted by molar-refractivity contribution is -0.132. The van der Waals surface area contributed by atoms with E-state index in [1.54, 1.807) is 0 Å². The van der Waals surface area contributed by atoms with Crippen molar-refractivity contribution in [1.82, 2.24) is 15.5 Å². The van der Waals surface area contributed by atoms with Gasteiger partial charge in [-0.25, -0.2) is 0 Å². The highest BCUT2D eigenvalue weighted by atomic mass is 127. The quantitative estimate of drug-likeness (QED) is 0.302. The monoisotopic (exact) mass is 527 g/mol. The van der Waals surface area contributed by atoms with Crippen LogP contribution in [0.4, 0.5) is 5.69 Å². The Balaban J connectivity index is 0.00000320. The van der Waals surface area contributed by atoms with E-state index in [4.69, 9.17) is 0 Å². The number of rotatable bonds is 6. The van der Waals surface area contributed by atoms with Crippen molar-refractivity contribution in [1.29, 1.82) is 0 Å². The Morgan fingerprint density at radius 3 is 2.87 bits per heavy atom. The molecule has 7 nitrogen and oxygen atoms in total. The summed E-state index contributed by atoms with van der Waals surface area (Å²) in [6.07, 6.45) is 3.21. The lowest BCUT2D eigenvalue weighted by atomic mass is 9.91. The smallest absolute Gasteiger partial charge is 0.225 e. The highest BCUT2D eigenvalue weighted by Crippen LogP contribution is 2.31. The lowest BCUT2D eigenvalue weighted by Crippen LogP contribution is -2.42. The molecule has 2 atom stereocenters. The molecule has 8 heteroatoms. The minimum atomic E-state index is 0. The van der Waals surface area contributed by atoms with Gasteiger partial charge in [-0.15, -0.1) is 24.0 Å². The third kappa shape index (κ3) is 6.85. The minimum Gasteiger partial charge on any atom is -0.357 e. The van der Waals surface area contributed by atoms with Crippen LogP contribution in [0.2, 0.25) is 0 Å². The molecule has 3 N–H and O–H groups in total. The Hall–Kier alpha value is -1.84. The van der Waals surface area contributed by atoms with Gasteiger partial charge in [-0.05, 0) is 37.3 Å². The van der Waals surface area contributed by atoms with E-state index in [1.165, 1.54) is 6.42 Å². The number of likely N-dealkylation sites (tertiary alicyclic amines) is 1. The van der Waals surface area contributed by atoms with Crippen molar-refractivity contribution >= 4 is 47.4 Å². The van der Waals surface area contributed by atoms with Crippen LogP contribution in [0.25, 0.3) is 0 Å². The van der Waals surface area contributed by atoms with Gasteiger partial charge in [-0.1, -0.05) is 25.1 Å². The number of fused-ring (bicyclic) bond motifs is 1. The van der Waals surface area contributed by atoms with Crippen molar-refractivity contribution in [3.8, 4) is 0 Å². The highest BCUT2D eigenvalue weighted by Gasteiger charge is 2.24. The third-order valence-electron chi connectivity index (χ3n) is 5.56. The van der Waals surface area contributed by atoms with Crippen molar-refractivity contribution in [3.05, 3.63) is 29.8 Å². The fourth-order valence-corrected chi connectivity index (χ4v) is 4.07. The normalized spacial score (nSPS) is 21.2. The highest BCUT2D eigenvalue weighted by molar-refractivity contribution is 14.0. The maximum Gasteiger partial charge on any atom is 0.225 e. The molecule has 1 fully saturated rings. The number of halogens is 1.